The van der Waals surface area contributed by atoms with Crippen molar-refractivity contribution in [2.24, 2.45) is 0 Å². The fourth-order valence-electron chi connectivity index (χ4n) is 1.92. The third-order valence-electron chi connectivity index (χ3n) is 3.10. The summed E-state index contributed by atoms with van der Waals surface area (Å²) in [6, 6.07) is 0. The molecule has 0 aromatic carbocycles. The van der Waals surface area contributed by atoms with Gasteiger partial charge in [0.05, 0.1) is 19.8 Å². The molecule has 122 valence electrons. The van der Waals surface area contributed by atoms with Crippen molar-refractivity contribution in [3.63, 3.8) is 0 Å². The number of ether oxygens (including phenoxy) is 2. The van der Waals surface area contributed by atoms with Crippen molar-refractivity contribution >= 4 is 30.7 Å². The predicted molar refractivity (Wildman–Crippen MR) is 84.1 cm³/mol. The quantitative estimate of drug-likeness (QED) is 0.627. The molecule has 1 aliphatic rings. The fraction of sp³-hybridized carbons (Fsp3) is 0.917. The van der Waals surface area contributed by atoms with Gasteiger partial charge < -0.3 is 19.7 Å². The average Bonchev–Trinajstić information content (AvgIpc) is 2.41. The van der Waals surface area contributed by atoms with Gasteiger partial charge in [0.25, 0.3) is 0 Å². The van der Waals surface area contributed by atoms with E-state index in [1.54, 1.807) is 14.2 Å². The third-order valence-corrected chi connectivity index (χ3v) is 3.10. The Labute approximate surface area is 134 Å². The average molecular weight is 332 g/mol. The minimum Gasteiger partial charge on any atom is -0.383 e. The molecule has 1 rings (SSSR count). The van der Waals surface area contributed by atoms with Crippen molar-refractivity contribution in [2.75, 3.05) is 73.2 Å². The van der Waals surface area contributed by atoms with Gasteiger partial charge in [-0.15, -0.1) is 24.8 Å². The summed E-state index contributed by atoms with van der Waals surface area (Å²) in [6.07, 6.45) is 0. The van der Waals surface area contributed by atoms with E-state index in [2.05, 4.69) is 10.2 Å². The molecule has 1 aliphatic heterocycles. The second kappa shape index (κ2) is 13.9. The zero-order valence-electron chi connectivity index (χ0n) is 12.3. The van der Waals surface area contributed by atoms with Gasteiger partial charge in [0.15, 0.2) is 0 Å². The Balaban J connectivity index is 0. The number of methoxy groups -OCH3 is 2. The molecule has 1 saturated heterocycles. The van der Waals surface area contributed by atoms with Gasteiger partial charge in [-0.3, -0.25) is 9.69 Å². The van der Waals surface area contributed by atoms with E-state index in [9.17, 15) is 4.79 Å². The fourth-order valence-corrected chi connectivity index (χ4v) is 1.92. The maximum absolute atomic E-state index is 11.9. The monoisotopic (exact) mass is 331 g/mol. The number of hydrogen-bond donors (Lipinski definition) is 1. The van der Waals surface area contributed by atoms with Crippen LogP contribution in [0.3, 0.4) is 0 Å². The van der Waals surface area contributed by atoms with Gasteiger partial charge in [-0.25, -0.2) is 0 Å². The van der Waals surface area contributed by atoms with Crippen LogP contribution in [0.15, 0.2) is 0 Å². The van der Waals surface area contributed by atoms with Crippen molar-refractivity contribution in [3.05, 3.63) is 0 Å². The SMILES string of the molecule is COCCNCC(=O)N1CCN(CCOC)CC1.Cl.Cl. The number of halogens is 2. The minimum absolute atomic E-state index is 0. The number of hydrogen-bond acceptors (Lipinski definition) is 5. The molecule has 20 heavy (non-hydrogen) atoms. The first-order valence-electron chi connectivity index (χ1n) is 6.46. The Bertz CT molecular complexity index is 240. The van der Waals surface area contributed by atoms with Gasteiger partial charge in [-0.1, -0.05) is 0 Å². The van der Waals surface area contributed by atoms with Crippen molar-refractivity contribution in [3.8, 4) is 0 Å². The van der Waals surface area contributed by atoms with Gasteiger partial charge in [-0.05, 0) is 0 Å². The van der Waals surface area contributed by atoms with Crippen LogP contribution in [0.5, 0.6) is 0 Å². The van der Waals surface area contributed by atoms with Crippen LogP contribution in [0.25, 0.3) is 0 Å². The van der Waals surface area contributed by atoms with Crippen LogP contribution < -0.4 is 5.32 Å². The normalized spacial score (nSPS) is 15.4. The third kappa shape index (κ3) is 8.94. The number of piperazine rings is 1. The molecule has 0 saturated carbocycles. The molecule has 0 aromatic heterocycles. The summed E-state index contributed by atoms with van der Waals surface area (Å²) in [5, 5.41) is 3.08. The summed E-state index contributed by atoms with van der Waals surface area (Å²) in [7, 11) is 3.37. The highest BCUT2D eigenvalue weighted by Crippen LogP contribution is 2.01. The number of carbonyl (C=O) groups is 1. The lowest BCUT2D eigenvalue weighted by Crippen LogP contribution is -2.51. The van der Waals surface area contributed by atoms with Gasteiger partial charge in [0.1, 0.15) is 0 Å². The molecule has 1 heterocycles. The number of nitrogens with zero attached hydrogens (tertiary/aromatic N) is 2. The smallest absolute Gasteiger partial charge is 0.236 e. The predicted octanol–water partition coefficient (Wildman–Crippen LogP) is -0.143. The van der Waals surface area contributed by atoms with E-state index in [0.717, 1.165) is 45.9 Å². The van der Waals surface area contributed by atoms with E-state index < -0.39 is 0 Å². The van der Waals surface area contributed by atoms with Crippen LogP contribution in [-0.4, -0.2) is 89.0 Å². The molecule has 0 aliphatic carbocycles. The van der Waals surface area contributed by atoms with E-state index in [1.165, 1.54) is 0 Å². The number of carbonyl (C=O) groups excluding carboxylic acids is 1. The van der Waals surface area contributed by atoms with Crippen molar-refractivity contribution < 1.29 is 14.3 Å². The second-order valence-corrected chi connectivity index (χ2v) is 4.38. The Kier molecular flexibility index (Phi) is 15.4. The lowest BCUT2D eigenvalue weighted by molar-refractivity contribution is -0.132. The van der Waals surface area contributed by atoms with Crippen LogP contribution in [0, 0.1) is 0 Å². The molecule has 6 nitrogen and oxygen atoms in total. The lowest BCUT2D eigenvalue weighted by atomic mass is 10.3. The number of nitrogens with one attached hydrogen (secondary N) is 1. The van der Waals surface area contributed by atoms with E-state index in [1.807, 2.05) is 4.90 Å². The molecule has 0 aromatic rings. The molecule has 0 radical (unpaired) electrons. The summed E-state index contributed by atoms with van der Waals surface area (Å²) in [6.45, 7) is 6.97. The summed E-state index contributed by atoms with van der Waals surface area (Å²) in [5.74, 6) is 0.178. The molecule has 1 N–H and O–H groups in total. The van der Waals surface area contributed by atoms with E-state index >= 15 is 0 Å². The van der Waals surface area contributed by atoms with Crippen molar-refractivity contribution in [2.45, 2.75) is 0 Å². The minimum atomic E-state index is 0. The van der Waals surface area contributed by atoms with Gasteiger partial charge in [0.2, 0.25) is 5.91 Å². The zero-order valence-corrected chi connectivity index (χ0v) is 13.9. The highest BCUT2D eigenvalue weighted by molar-refractivity contribution is 5.85. The van der Waals surface area contributed by atoms with Crippen LogP contribution >= 0.6 is 24.8 Å². The Morgan fingerprint density at radius 3 is 2.20 bits per heavy atom. The van der Waals surface area contributed by atoms with E-state index in [-0.39, 0.29) is 30.7 Å². The van der Waals surface area contributed by atoms with Crippen LogP contribution in [-0.2, 0) is 14.3 Å². The highest BCUT2D eigenvalue weighted by Gasteiger charge is 2.20. The zero-order chi connectivity index (χ0) is 13.2. The van der Waals surface area contributed by atoms with Crippen LogP contribution in [0.4, 0.5) is 0 Å². The number of rotatable bonds is 8. The molecule has 0 spiro atoms. The first-order chi connectivity index (χ1) is 8.77. The standard InChI is InChI=1S/C12H25N3O3.2ClH/c1-17-9-3-13-11-12(16)15-6-4-14(5-7-15)8-10-18-2;;/h13H,3-11H2,1-2H3;2*1H. The van der Waals surface area contributed by atoms with E-state index in [4.69, 9.17) is 9.47 Å². The Morgan fingerprint density at radius 2 is 1.65 bits per heavy atom. The second-order valence-electron chi connectivity index (χ2n) is 4.38. The Morgan fingerprint density at radius 1 is 1.05 bits per heavy atom. The molecular weight excluding hydrogens is 305 g/mol. The topological polar surface area (TPSA) is 54.0 Å². The highest BCUT2D eigenvalue weighted by atomic mass is 35.5. The molecule has 1 fully saturated rings. The summed E-state index contributed by atoms with van der Waals surface area (Å²) >= 11 is 0. The molecule has 8 heteroatoms. The molecule has 1 amide bonds. The Hall–Kier alpha value is -0.110. The van der Waals surface area contributed by atoms with Crippen molar-refractivity contribution in [1.29, 1.82) is 0 Å². The largest absolute Gasteiger partial charge is 0.383 e. The maximum Gasteiger partial charge on any atom is 0.236 e. The van der Waals surface area contributed by atoms with Gasteiger partial charge >= 0.3 is 0 Å². The summed E-state index contributed by atoms with van der Waals surface area (Å²) in [5.41, 5.74) is 0. The summed E-state index contributed by atoms with van der Waals surface area (Å²) in [4.78, 5) is 16.1. The molecule has 0 bridgehead atoms. The maximum atomic E-state index is 11.9. The van der Waals surface area contributed by atoms with Crippen molar-refractivity contribution in [1.82, 2.24) is 15.1 Å². The first-order valence-corrected chi connectivity index (χ1v) is 6.46. The van der Waals surface area contributed by atoms with Gasteiger partial charge in [-0.2, -0.15) is 0 Å². The summed E-state index contributed by atoms with van der Waals surface area (Å²) < 4.78 is 9.97. The van der Waals surface area contributed by atoms with E-state index in [0.29, 0.717) is 13.2 Å². The molecule has 0 atom stereocenters. The molecule has 0 unspecified atom stereocenters. The molecular formula is C12H27Cl2N3O3. The number of amides is 1. The van der Waals surface area contributed by atoms with Gasteiger partial charge in [0, 0.05) is 53.5 Å². The lowest BCUT2D eigenvalue weighted by Gasteiger charge is -2.34. The van der Waals surface area contributed by atoms with Crippen LogP contribution in [0.2, 0.25) is 0 Å². The first kappa shape index (κ1) is 22.2. The van der Waals surface area contributed by atoms with Crippen LogP contribution in [0.1, 0.15) is 0 Å².